The summed E-state index contributed by atoms with van der Waals surface area (Å²) in [4.78, 5) is 0. The third kappa shape index (κ3) is 9.72. The van der Waals surface area contributed by atoms with Crippen molar-refractivity contribution in [2.45, 2.75) is 57.6 Å². The Bertz CT molecular complexity index is 847. The number of nitrogens with one attached hydrogen (secondary N) is 1. The van der Waals surface area contributed by atoms with E-state index in [-0.39, 0.29) is 17.9 Å². The molecule has 2 rings (SSSR count). The first-order valence-electron chi connectivity index (χ1n) is 12.7. The van der Waals surface area contributed by atoms with Gasteiger partial charge in [0.2, 0.25) is 0 Å². The number of aliphatic hydroxyl groups excluding tert-OH is 1. The molecule has 0 radical (unpaired) electrons. The molecule has 0 aliphatic heterocycles. The maximum absolute atomic E-state index is 10.3. The summed E-state index contributed by atoms with van der Waals surface area (Å²) in [6, 6.07) is 14.1. The van der Waals surface area contributed by atoms with Gasteiger partial charge >= 0.3 is 0 Å². The van der Waals surface area contributed by atoms with Crippen LogP contribution in [0.2, 0.25) is 0 Å². The summed E-state index contributed by atoms with van der Waals surface area (Å²) >= 11 is 0. The normalized spacial score (nSPS) is 15.1. The maximum atomic E-state index is 10.3. The SMILES string of the molecule is [2H]C([2H])(CCCc1ccccc1)OCCCCCCNCC(O)c1ccc(O)c(C([2H])([2H])O)c1. The van der Waals surface area contributed by atoms with E-state index >= 15 is 0 Å². The maximum Gasteiger partial charge on any atom is 0.121 e. The van der Waals surface area contributed by atoms with Crippen LogP contribution in [0.1, 0.15) is 66.8 Å². The van der Waals surface area contributed by atoms with E-state index in [4.69, 9.17) is 10.2 Å². The quantitative estimate of drug-likeness (QED) is 0.308. The van der Waals surface area contributed by atoms with Gasteiger partial charge in [-0.1, -0.05) is 49.2 Å². The van der Waals surface area contributed by atoms with E-state index in [0.717, 1.165) is 38.5 Å². The predicted molar refractivity (Wildman–Crippen MR) is 121 cm³/mol. The standard InChI is InChI=1S/C25H37NO4/c27-20-23-18-22(13-14-24(23)28)25(29)19-26-15-7-1-2-8-16-30-17-9-6-12-21-10-4-3-5-11-21/h3-5,10-11,13-14,18,25-29H,1-2,6-9,12,15-17,19-20H2/i17D2,20D2. The summed E-state index contributed by atoms with van der Waals surface area (Å²) in [7, 11) is 0. The van der Waals surface area contributed by atoms with Gasteiger partial charge < -0.3 is 25.4 Å². The Balaban J connectivity index is 1.52. The molecular weight excluding hydrogens is 378 g/mol. The highest BCUT2D eigenvalue weighted by atomic mass is 16.5. The van der Waals surface area contributed by atoms with Crippen LogP contribution in [0.15, 0.2) is 48.5 Å². The average Bonchev–Trinajstić information content (AvgIpc) is 2.78. The van der Waals surface area contributed by atoms with E-state index in [9.17, 15) is 15.3 Å². The van der Waals surface area contributed by atoms with Gasteiger partial charge in [0.05, 0.1) is 18.1 Å². The molecule has 0 aliphatic rings. The molecule has 166 valence electrons. The van der Waals surface area contributed by atoms with E-state index < -0.39 is 19.2 Å². The molecule has 0 fully saturated rings. The highest BCUT2D eigenvalue weighted by molar-refractivity contribution is 5.36. The minimum Gasteiger partial charge on any atom is -0.508 e. The number of hydrogen-bond donors (Lipinski definition) is 4. The van der Waals surface area contributed by atoms with Gasteiger partial charge in [0.25, 0.3) is 0 Å². The Hall–Kier alpha value is -1.92. The Morgan fingerprint density at radius 3 is 2.57 bits per heavy atom. The Labute approximate surface area is 186 Å². The van der Waals surface area contributed by atoms with Gasteiger partial charge in [-0.05, 0) is 61.9 Å². The first-order chi connectivity index (χ1) is 16.1. The predicted octanol–water partition coefficient (Wildman–Crippen LogP) is 4.11. The number of unbranched alkanes of at least 4 members (excludes halogenated alkanes) is 3. The summed E-state index contributed by atoms with van der Waals surface area (Å²) < 4.78 is 36.1. The second kappa shape index (κ2) is 15.0. The fraction of sp³-hybridized carbons (Fsp3) is 0.520. The molecule has 0 saturated carbocycles. The van der Waals surface area contributed by atoms with Gasteiger partial charge in [-0.25, -0.2) is 0 Å². The molecule has 5 nitrogen and oxygen atoms in total. The van der Waals surface area contributed by atoms with E-state index in [1.165, 1.54) is 23.8 Å². The lowest BCUT2D eigenvalue weighted by molar-refractivity contribution is 0.126. The van der Waals surface area contributed by atoms with Crippen LogP contribution in [0, 0.1) is 0 Å². The number of rotatable bonds is 16. The Kier molecular flexibility index (Phi) is 9.39. The summed E-state index contributed by atoms with van der Waals surface area (Å²) in [6.45, 7) is -2.92. The Morgan fingerprint density at radius 1 is 0.967 bits per heavy atom. The number of benzene rings is 2. The van der Waals surface area contributed by atoms with E-state index in [1.54, 1.807) is 0 Å². The average molecular weight is 420 g/mol. The first kappa shape index (κ1) is 18.8. The van der Waals surface area contributed by atoms with Crippen LogP contribution in [0.3, 0.4) is 0 Å². The van der Waals surface area contributed by atoms with Gasteiger partial charge in [0.1, 0.15) is 5.75 Å². The van der Waals surface area contributed by atoms with Crippen LogP contribution in [0.25, 0.3) is 0 Å². The van der Waals surface area contributed by atoms with Crippen LogP contribution < -0.4 is 5.32 Å². The highest BCUT2D eigenvalue weighted by Crippen LogP contribution is 2.22. The lowest BCUT2D eigenvalue weighted by atomic mass is 10.1. The van der Waals surface area contributed by atoms with Crippen molar-refractivity contribution in [2.75, 3.05) is 26.3 Å². The summed E-state index contributed by atoms with van der Waals surface area (Å²) in [5.74, 6) is -0.361. The lowest BCUT2D eigenvalue weighted by Gasteiger charge is -2.14. The fourth-order valence-corrected chi connectivity index (χ4v) is 3.14. The molecular formula is C25H37NO4. The van der Waals surface area contributed by atoms with Crippen molar-refractivity contribution in [1.29, 1.82) is 0 Å². The molecule has 0 amide bonds. The van der Waals surface area contributed by atoms with Crippen LogP contribution in [0.5, 0.6) is 5.75 Å². The lowest BCUT2D eigenvalue weighted by Crippen LogP contribution is -2.22. The molecule has 30 heavy (non-hydrogen) atoms. The summed E-state index contributed by atoms with van der Waals surface area (Å²) in [5.41, 5.74) is 1.35. The highest BCUT2D eigenvalue weighted by Gasteiger charge is 2.09. The number of aromatic hydroxyl groups is 1. The van der Waals surface area contributed by atoms with E-state index in [1.807, 2.05) is 30.3 Å². The van der Waals surface area contributed by atoms with Gasteiger partial charge in [-0.2, -0.15) is 0 Å². The van der Waals surface area contributed by atoms with Crippen molar-refractivity contribution in [3.05, 3.63) is 65.2 Å². The zero-order chi connectivity index (χ0) is 25.0. The van der Waals surface area contributed by atoms with E-state index in [0.29, 0.717) is 25.1 Å². The van der Waals surface area contributed by atoms with Crippen molar-refractivity contribution in [3.63, 3.8) is 0 Å². The molecule has 1 unspecified atom stereocenters. The number of ether oxygens (including phenoxy) is 1. The molecule has 0 spiro atoms. The second-order valence-corrected chi connectivity index (χ2v) is 7.35. The molecule has 0 aromatic heterocycles. The van der Waals surface area contributed by atoms with Crippen molar-refractivity contribution < 1.29 is 25.5 Å². The van der Waals surface area contributed by atoms with Crippen LogP contribution in [0.4, 0.5) is 0 Å². The van der Waals surface area contributed by atoms with Gasteiger partial charge in [0, 0.05) is 25.3 Å². The molecule has 0 heterocycles. The third-order valence-electron chi connectivity index (χ3n) is 4.90. The smallest absolute Gasteiger partial charge is 0.121 e. The topological polar surface area (TPSA) is 82.0 Å². The minimum atomic E-state index is -2.68. The Morgan fingerprint density at radius 2 is 1.77 bits per heavy atom. The molecule has 0 aliphatic carbocycles. The molecule has 2 aromatic rings. The molecule has 0 saturated heterocycles. The number of aryl methyl sites for hydroxylation is 1. The van der Waals surface area contributed by atoms with Crippen molar-refractivity contribution in [1.82, 2.24) is 5.32 Å². The molecule has 4 N–H and O–H groups in total. The number of aliphatic hydroxyl groups is 2. The number of hydrogen-bond acceptors (Lipinski definition) is 5. The summed E-state index contributed by atoms with van der Waals surface area (Å²) in [5, 5.41) is 32.6. The van der Waals surface area contributed by atoms with Crippen molar-refractivity contribution in [2.24, 2.45) is 0 Å². The fourth-order valence-electron chi connectivity index (χ4n) is 3.14. The molecule has 2 aromatic carbocycles. The van der Waals surface area contributed by atoms with Crippen LogP contribution >= 0.6 is 0 Å². The third-order valence-corrected chi connectivity index (χ3v) is 4.90. The molecule has 0 bridgehead atoms. The van der Waals surface area contributed by atoms with Crippen molar-refractivity contribution >= 4 is 0 Å². The zero-order valence-electron chi connectivity index (χ0n) is 21.5. The second-order valence-electron chi connectivity index (χ2n) is 7.35. The van der Waals surface area contributed by atoms with Gasteiger partial charge in [-0.15, -0.1) is 0 Å². The summed E-state index contributed by atoms with van der Waals surface area (Å²) in [6.07, 6.45) is 4.65. The van der Waals surface area contributed by atoms with Crippen LogP contribution in [-0.2, 0) is 17.7 Å². The van der Waals surface area contributed by atoms with Gasteiger partial charge in [0.15, 0.2) is 0 Å². The monoisotopic (exact) mass is 419 g/mol. The van der Waals surface area contributed by atoms with Gasteiger partial charge in [-0.3, -0.25) is 0 Å². The molecule has 5 heteroatoms. The number of phenols is 1. The van der Waals surface area contributed by atoms with Crippen molar-refractivity contribution in [3.8, 4) is 5.75 Å². The van der Waals surface area contributed by atoms with E-state index in [2.05, 4.69) is 5.32 Å². The molecule has 1 atom stereocenters. The minimum absolute atomic E-state index is 0.269. The largest absolute Gasteiger partial charge is 0.508 e. The first-order valence-corrected chi connectivity index (χ1v) is 10.7. The van der Waals surface area contributed by atoms with Crippen LogP contribution in [-0.4, -0.2) is 41.6 Å². The zero-order valence-corrected chi connectivity index (χ0v) is 17.5.